The Balaban J connectivity index is 1.79. The van der Waals surface area contributed by atoms with Gasteiger partial charge in [-0.15, -0.1) is 0 Å². The molecule has 0 saturated carbocycles. The van der Waals surface area contributed by atoms with Gasteiger partial charge in [-0.25, -0.2) is 4.39 Å². The summed E-state index contributed by atoms with van der Waals surface area (Å²) in [5.74, 6) is 0.806. The van der Waals surface area contributed by atoms with Crippen LogP contribution in [0.25, 0.3) is 0 Å². The highest BCUT2D eigenvalue weighted by Gasteiger charge is 2.15. The standard InChI is InChI=1S/C22H21FN2O5/c1-28-10-11-29-17-3-5-18(6-4-17)30-20-12-15(14-23)2-7-19(20)22(27)25-16-8-9-24-21(26)13-16/h2-9,12-13H,10-11,14H2,1H3,(H2,24,25,26,27). The largest absolute Gasteiger partial charge is 0.491 e. The third kappa shape index (κ3) is 5.68. The van der Waals surface area contributed by atoms with Gasteiger partial charge >= 0.3 is 0 Å². The molecule has 1 aromatic heterocycles. The summed E-state index contributed by atoms with van der Waals surface area (Å²) in [5.41, 5.74) is 0.566. The molecule has 0 unspecified atom stereocenters. The number of anilines is 1. The SMILES string of the molecule is COCCOc1ccc(Oc2cc(CF)ccc2C(=O)Nc2cc[nH]c(=O)c2)cc1. The highest BCUT2D eigenvalue weighted by atomic mass is 19.1. The van der Waals surface area contributed by atoms with Crippen molar-refractivity contribution >= 4 is 11.6 Å². The predicted octanol–water partition coefficient (Wildman–Crippen LogP) is 3.91. The number of carbonyl (C=O) groups excluding carboxylic acids is 1. The van der Waals surface area contributed by atoms with Crippen LogP contribution in [0.2, 0.25) is 0 Å². The second kappa shape index (κ2) is 10.2. The summed E-state index contributed by atoms with van der Waals surface area (Å²) in [6.45, 7) is 0.195. The molecule has 0 fully saturated rings. The van der Waals surface area contributed by atoms with Crippen molar-refractivity contribution in [2.75, 3.05) is 25.6 Å². The molecule has 0 saturated heterocycles. The number of pyridine rings is 1. The minimum Gasteiger partial charge on any atom is -0.491 e. The maximum atomic E-state index is 13.1. The fourth-order valence-corrected chi connectivity index (χ4v) is 2.62. The highest BCUT2D eigenvalue weighted by Crippen LogP contribution is 2.29. The Labute approximate surface area is 172 Å². The molecule has 0 bridgehead atoms. The Kier molecular flexibility index (Phi) is 7.18. The lowest BCUT2D eigenvalue weighted by Gasteiger charge is -2.13. The van der Waals surface area contributed by atoms with Crippen molar-refractivity contribution < 1.29 is 23.4 Å². The van der Waals surface area contributed by atoms with E-state index in [1.165, 1.54) is 30.5 Å². The van der Waals surface area contributed by atoms with E-state index < -0.39 is 12.6 Å². The van der Waals surface area contributed by atoms with Crippen molar-refractivity contribution in [3.63, 3.8) is 0 Å². The van der Waals surface area contributed by atoms with Gasteiger partial charge in [0, 0.05) is 25.1 Å². The first kappa shape index (κ1) is 21.1. The monoisotopic (exact) mass is 412 g/mol. The molecule has 1 amide bonds. The highest BCUT2D eigenvalue weighted by molar-refractivity contribution is 6.06. The molecule has 3 aromatic rings. The number of hydrogen-bond acceptors (Lipinski definition) is 5. The first-order chi connectivity index (χ1) is 14.6. The predicted molar refractivity (Wildman–Crippen MR) is 110 cm³/mol. The number of alkyl halides is 1. The van der Waals surface area contributed by atoms with Crippen LogP contribution in [0.1, 0.15) is 15.9 Å². The Bertz CT molecular complexity index is 1050. The van der Waals surface area contributed by atoms with E-state index in [1.54, 1.807) is 37.4 Å². The number of methoxy groups -OCH3 is 1. The van der Waals surface area contributed by atoms with Gasteiger partial charge in [0.05, 0.1) is 12.2 Å². The van der Waals surface area contributed by atoms with Crippen molar-refractivity contribution in [1.29, 1.82) is 0 Å². The summed E-state index contributed by atoms with van der Waals surface area (Å²) in [6.07, 6.45) is 1.43. The van der Waals surface area contributed by atoms with E-state index in [9.17, 15) is 14.0 Å². The third-order valence-electron chi connectivity index (χ3n) is 4.09. The molecule has 30 heavy (non-hydrogen) atoms. The number of ether oxygens (including phenoxy) is 3. The van der Waals surface area contributed by atoms with Gasteiger partial charge in [0.2, 0.25) is 5.56 Å². The van der Waals surface area contributed by atoms with Crippen LogP contribution in [0, 0.1) is 0 Å². The second-order valence-electron chi connectivity index (χ2n) is 6.27. The van der Waals surface area contributed by atoms with Crippen LogP contribution in [0.15, 0.2) is 65.6 Å². The number of aromatic nitrogens is 1. The molecule has 2 aromatic carbocycles. The van der Waals surface area contributed by atoms with Gasteiger partial charge in [-0.2, -0.15) is 0 Å². The molecule has 0 aliphatic heterocycles. The van der Waals surface area contributed by atoms with Crippen LogP contribution in [0.5, 0.6) is 17.2 Å². The lowest BCUT2D eigenvalue weighted by molar-refractivity contribution is 0.102. The fourth-order valence-electron chi connectivity index (χ4n) is 2.62. The van der Waals surface area contributed by atoms with Crippen LogP contribution < -0.4 is 20.3 Å². The Morgan fingerprint density at radius 2 is 1.80 bits per heavy atom. The summed E-state index contributed by atoms with van der Waals surface area (Å²) in [6, 6.07) is 14.1. The number of rotatable bonds is 9. The number of nitrogens with one attached hydrogen (secondary N) is 2. The maximum Gasteiger partial charge on any atom is 0.259 e. The first-order valence-corrected chi connectivity index (χ1v) is 9.17. The van der Waals surface area contributed by atoms with Crippen molar-refractivity contribution in [2.24, 2.45) is 0 Å². The molecule has 0 spiro atoms. The fraction of sp³-hybridized carbons (Fsp3) is 0.182. The van der Waals surface area contributed by atoms with Crippen LogP contribution in [-0.4, -0.2) is 31.2 Å². The third-order valence-corrected chi connectivity index (χ3v) is 4.09. The van der Waals surface area contributed by atoms with Crippen molar-refractivity contribution in [2.45, 2.75) is 6.67 Å². The zero-order valence-electron chi connectivity index (χ0n) is 16.3. The minimum atomic E-state index is -0.696. The summed E-state index contributed by atoms with van der Waals surface area (Å²) in [5, 5.41) is 2.64. The zero-order chi connectivity index (χ0) is 21.3. The van der Waals surface area contributed by atoms with Gasteiger partial charge in [0.1, 0.15) is 30.5 Å². The van der Waals surface area contributed by atoms with Crippen LogP contribution >= 0.6 is 0 Å². The molecule has 0 aliphatic rings. The molecule has 0 radical (unpaired) electrons. The summed E-state index contributed by atoms with van der Waals surface area (Å²) in [4.78, 5) is 26.6. The number of halogens is 1. The number of aromatic amines is 1. The molecule has 7 nitrogen and oxygen atoms in total. The van der Waals surface area contributed by atoms with Gasteiger partial charge in [0.25, 0.3) is 5.91 Å². The average Bonchev–Trinajstić information content (AvgIpc) is 2.75. The molecular weight excluding hydrogens is 391 g/mol. The zero-order valence-corrected chi connectivity index (χ0v) is 16.3. The normalized spacial score (nSPS) is 10.5. The first-order valence-electron chi connectivity index (χ1n) is 9.17. The molecular formula is C22H21FN2O5. The quantitative estimate of drug-likeness (QED) is 0.520. The maximum absolute atomic E-state index is 13.1. The van der Waals surface area contributed by atoms with Crippen LogP contribution in [0.3, 0.4) is 0 Å². The van der Waals surface area contributed by atoms with Crippen LogP contribution in [-0.2, 0) is 11.4 Å². The van der Waals surface area contributed by atoms with E-state index in [4.69, 9.17) is 14.2 Å². The van der Waals surface area contributed by atoms with Gasteiger partial charge in [0.15, 0.2) is 0 Å². The number of amides is 1. The summed E-state index contributed by atoms with van der Waals surface area (Å²) in [7, 11) is 1.59. The van der Waals surface area contributed by atoms with Crippen molar-refractivity contribution in [3.8, 4) is 17.2 Å². The van der Waals surface area contributed by atoms with Gasteiger partial charge < -0.3 is 24.5 Å². The number of hydrogen-bond donors (Lipinski definition) is 2. The molecule has 1 heterocycles. The molecule has 2 N–H and O–H groups in total. The molecule has 156 valence electrons. The average molecular weight is 412 g/mol. The Hall–Kier alpha value is -3.65. The molecule has 8 heteroatoms. The van der Waals surface area contributed by atoms with Crippen molar-refractivity contribution in [1.82, 2.24) is 4.98 Å². The lowest BCUT2D eigenvalue weighted by Crippen LogP contribution is -2.15. The Morgan fingerprint density at radius 1 is 1.03 bits per heavy atom. The van der Waals surface area contributed by atoms with Gasteiger partial charge in [-0.1, -0.05) is 6.07 Å². The topological polar surface area (TPSA) is 89.7 Å². The van der Waals surface area contributed by atoms with Crippen LogP contribution in [0.4, 0.5) is 10.1 Å². The minimum absolute atomic E-state index is 0.195. The van der Waals surface area contributed by atoms with Gasteiger partial charge in [-0.3, -0.25) is 9.59 Å². The number of H-pyrrole nitrogens is 1. The second-order valence-corrected chi connectivity index (χ2v) is 6.27. The van der Waals surface area contributed by atoms with E-state index in [2.05, 4.69) is 10.3 Å². The summed E-state index contributed by atoms with van der Waals surface area (Å²) < 4.78 is 29.4. The smallest absolute Gasteiger partial charge is 0.259 e. The molecule has 3 rings (SSSR count). The van der Waals surface area contributed by atoms with Gasteiger partial charge in [-0.05, 0) is 48.0 Å². The van der Waals surface area contributed by atoms with E-state index in [0.717, 1.165) is 0 Å². The van der Waals surface area contributed by atoms with E-state index in [0.29, 0.717) is 36.0 Å². The summed E-state index contributed by atoms with van der Waals surface area (Å²) >= 11 is 0. The number of carbonyl (C=O) groups is 1. The Morgan fingerprint density at radius 3 is 2.50 bits per heavy atom. The molecule has 0 atom stereocenters. The lowest BCUT2D eigenvalue weighted by atomic mass is 10.1. The number of benzene rings is 2. The van der Waals surface area contributed by atoms with E-state index in [1.807, 2.05) is 0 Å². The van der Waals surface area contributed by atoms with E-state index in [-0.39, 0.29) is 16.9 Å². The van der Waals surface area contributed by atoms with E-state index >= 15 is 0 Å². The van der Waals surface area contributed by atoms with Crippen molar-refractivity contribution in [3.05, 3.63) is 82.3 Å². The molecule has 0 aliphatic carbocycles.